The highest BCUT2D eigenvalue weighted by Crippen LogP contribution is 2.24. The van der Waals surface area contributed by atoms with E-state index in [1.165, 1.54) is 6.07 Å². The van der Waals surface area contributed by atoms with Crippen LogP contribution in [0.5, 0.6) is 5.75 Å². The number of carbonyl (C=O) groups is 1. The van der Waals surface area contributed by atoms with Crippen LogP contribution in [0.4, 0.5) is 10.1 Å². The zero-order valence-corrected chi connectivity index (χ0v) is 16.5. The van der Waals surface area contributed by atoms with Crippen molar-refractivity contribution in [3.8, 4) is 5.75 Å². The van der Waals surface area contributed by atoms with Crippen molar-refractivity contribution in [1.29, 1.82) is 0 Å². The van der Waals surface area contributed by atoms with Crippen molar-refractivity contribution < 1.29 is 22.3 Å². The molecular weight excluding hydrogens is 395 g/mol. The number of hydrogen-bond donors (Lipinski definition) is 1. The summed E-state index contributed by atoms with van der Waals surface area (Å²) < 4.78 is 43.7. The van der Waals surface area contributed by atoms with Crippen molar-refractivity contribution in [3.05, 3.63) is 58.9 Å². The lowest BCUT2D eigenvalue weighted by Crippen LogP contribution is -2.40. The zero-order chi connectivity index (χ0) is 20.0. The molecule has 0 heterocycles. The number of anilines is 1. The average Bonchev–Trinajstić information content (AvgIpc) is 2.60. The topological polar surface area (TPSA) is 75.7 Å². The average molecular weight is 415 g/mol. The van der Waals surface area contributed by atoms with Crippen molar-refractivity contribution in [3.63, 3.8) is 0 Å². The molecule has 0 aliphatic heterocycles. The predicted octanol–water partition coefficient (Wildman–Crippen LogP) is 2.96. The Labute approximate surface area is 162 Å². The van der Waals surface area contributed by atoms with E-state index >= 15 is 0 Å². The normalized spacial score (nSPS) is 11.1. The molecule has 0 radical (unpaired) electrons. The van der Waals surface area contributed by atoms with E-state index in [1.807, 2.05) is 13.0 Å². The van der Waals surface area contributed by atoms with Crippen LogP contribution < -0.4 is 14.4 Å². The lowest BCUT2D eigenvalue weighted by molar-refractivity contribution is -0.119. The summed E-state index contributed by atoms with van der Waals surface area (Å²) >= 11 is 5.72. The fourth-order valence-corrected chi connectivity index (χ4v) is 3.36. The first-order valence-electron chi connectivity index (χ1n) is 8.12. The third-order valence-corrected chi connectivity index (χ3v) is 5.01. The van der Waals surface area contributed by atoms with Gasteiger partial charge in [0.05, 0.1) is 23.6 Å². The van der Waals surface area contributed by atoms with Crippen molar-refractivity contribution in [2.45, 2.75) is 13.5 Å². The Morgan fingerprint density at radius 1 is 1.26 bits per heavy atom. The van der Waals surface area contributed by atoms with Gasteiger partial charge in [0.1, 0.15) is 18.1 Å². The summed E-state index contributed by atoms with van der Waals surface area (Å²) in [5.41, 5.74) is 0.919. The first-order chi connectivity index (χ1) is 12.7. The van der Waals surface area contributed by atoms with Gasteiger partial charge in [0.15, 0.2) is 0 Å². The van der Waals surface area contributed by atoms with Crippen LogP contribution in [0.1, 0.15) is 12.5 Å². The van der Waals surface area contributed by atoms with Crippen LogP contribution in [-0.2, 0) is 21.4 Å². The molecular formula is C18H20ClFN2O4S. The summed E-state index contributed by atoms with van der Waals surface area (Å²) in [4.78, 5) is 12.3. The number of sulfonamides is 1. The number of benzene rings is 2. The van der Waals surface area contributed by atoms with Gasteiger partial charge in [-0.25, -0.2) is 12.8 Å². The van der Waals surface area contributed by atoms with E-state index in [1.54, 1.807) is 18.2 Å². The monoisotopic (exact) mass is 414 g/mol. The van der Waals surface area contributed by atoms with E-state index < -0.39 is 28.3 Å². The molecule has 0 aliphatic carbocycles. The predicted molar refractivity (Wildman–Crippen MR) is 103 cm³/mol. The number of ether oxygens (including phenoxy) is 1. The Hall–Kier alpha value is -2.32. The van der Waals surface area contributed by atoms with Crippen LogP contribution in [0.15, 0.2) is 42.5 Å². The third kappa shape index (κ3) is 6.11. The van der Waals surface area contributed by atoms with Crippen LogP contribution >= 0.6 is 11.6 Å². The number of halogens is 2. The van der Waals surface area contributed by atoms with Crippen LogP contribution in [0.2, 0.25) is 5.02 Å². The summed E-state index contributed by atoms with van der Waals surface area (Å²) in [6.07, 6.45) is 0.961. The maximum absolute atomic E-state index is 13.3. The van der Waals surface area contributed by atoms with E-state index in [0.29, 0.717) is 12.4 Å². The summed E-state index contributed by atoms with van der Waals surface area (Å²) in [5, 5.41) is 2.43. The molecule has 9 heteroatoms. The number of nitrogens with one attached hydrogen (secondary N) is 1. The van der Waals surface area contributed by atoms with E-state index in [2.05, 4.69) is 5.32 Å². The molecule has 1 N–H and O–H groups in total. The van der Waals surface area contributed by atoms with Gasteiger partial charge in [-0.1, -0.05) is 23.7 Å². The fraction of sp³-hybridized carbons (Fsp3) is 0.278. The molecule has 0 saturated heterocycles. The van der Waals surface area contributed by atoms with E-state index in [-0.39, 0.29) is 17.3 Å². The highest BCUT2D eigenvalue weighted by Gasteiger charge is 2.21. The molecule has 1 amide bonds. The molecule has 0 atom stereocenters. The molecule has 2 rings (SSSR count). The van der Waals surface area contributed by atoms with Crippen LogP contribution in [-0.4, -0.2) is 33.7 Å². The van der Waals surface area contributed by atoms with Gasteiger partial charge < -0.3 is 10.1 Å². The Kier molecular flexibility index (Phi) is 7.04. The van der Waals surface area contributed by atoms with E-state index in [0.717, 1.165) is 28.3 Å². The maximum atomic E-state index is 13.3. The van der Waals surface area contributed by atoms with Crippen LogP contribution in [0, 0.1) is 5.82 Å². The van der Waals surface area contributed by atoms with Gasteiger partial charge in [-0.2, -0.15) is 0 Å². The summed E-state index contributed by atoms with van der Waals surface area (Å²) in [6, 6.07) is 10.7. The standard InChI is InChI=1S/C18H20ClFN2O4S/c1-3-26-15-6-4-5-13(9-15)11-21-18(23)12-22(27(2,24)25)14-7-8-17(20)16(19)10-14/h4-10H,3,11-12H2,1-2H3,(H,21,23). The van der Waals surface area contributed by atoms with Crippen molar-refractivity contribution >= 4 is 33.2 Å². The molecule has 0 spiro atoms. The summed E-state index contributed by atoms with van der Waals surface area (Å²) in [7, 11) is -3.77. The SMILES string of the molecule is CCOc1cccc(CNC(=O)CN(c2ccc(F)c(Cl)c2)S(C)(=O)=O)c1. The van der Waals surface area contributed by atoms with Gasteiger partial charge in [0.25, 0.3) is 0 Å². The van der Waals surface area contributed by atoms with Gasteiger partial charge in [-0.05, 0) is 42.8 Å². The van der Waals surface area contributed by atoms with Crippen molar-refractivity contribution in [2.24, 2.45) is 0 Å². The van der Waals surface area contributed by atoms with Gasteiger partial charge in [0, 0.05) is 6.54 Å². The number of carbonyl (C=O) groups excluding carboxylic acids is 1. The van der Waals surface area contributed by atoms with Crippen LogP contribution in [0.25, 0.3) is 0 Å². The lowest BCUT2D eigenvalue weighted by Gasteiger charge is -2.22. The minimum atomic E-state index is -3.77. The minimum absolute atomic E-state index is 0.109. The molecule has 6 nitrogen and oxygen atoms in total. The van der Waals surface area contributed by atoms with Gasteiger partial charge in [0.2, 0.25) is 15.9 Å². The molecule has 0 aromatic heterocycles. The number of rotatable bonds is 8. The van der Waals surface area contributed by atoms with Gasteiger partial charge in [-0.3, -0.25) is 9.10 Å². The fourth-order valence-electron chi connectivity index (χ4n) is 2.34. The smallest absolute Gasteiger partial charge is 0.241 e. The molecule has 0 aliphatic rings. The zero-order valence-electron chi connectivity index (χ0n) is 14.9. The van der Waals surface area contributed by atoms with Crippen molar-refractivity contribution in [2.75, 3.05) is 23.7 Å². The molecule has 146 valence electrons. The van der Waals surface area contributed by atoms with Crippen LogP contribution in [0.3, 0.4) is 0 Å². The molecule has 0 unspecified atom stereocenters. The molecule has 0 saturated carbocycles. The first-order valence-corrected chi connectivity index (χ1v) is 10.3. The Morgan fingerprint density at radius 3 is 2.63 bits per heavy atom. The molecule has 2 aromatic carbocycles. The largest absolute Gasteiger partial charge is 0.494 e. The minimum Gasteiger partial charge on any atom is -0.494 e. The highest BCUT2D eigenvalue weighted by molar-refractivity contribution is 7.92. The molecule has 0 bridgehead atoms. The summed E-state index contributed by atoms with van der Waals surface area (Å²) in [5.74, 6) is -0.502. The van der Waals surface area contributed by atoms with Gasteiger partial charge in [-0.15, -0.1) is 0 Å². The number of hydrogen-bond acceptors (Lipinski definition) is 4. The van der Waals surface area contributed by atoms with Gasteiger partial charge >= 0.3 is 0 Å². The molecule has 0 fully saturated rings. The van der Waals surface area contributed by atoms with E-state index in [9.17, 15) is 17.6 Å². The second-order valence-corrected chi connectivity index (χ2v) is 8.04. The molecule has 27 heavy (non-hydrogen) atoms. The second-order valence-electron chi connectivity index (χ2n) is 5.73. The number of nitrogens with zero attached hydrogens (tertiary/aromatic N) is 1. The number of amides is 1. The first kappa shape index (κ1) is 21.0. The quantitative estimate of drug-likeness (QED) is 0.720. The lowest BCUT2D eigenvalue weighted by atomic mass is 10.2. The van der Waals surface area contributed by atoms with E-state index in [4.69, 9.17) is 16.3 Å². The summed E-state index contributed by atoms with van der Waals surface area (Å²) in [6.45, 7) is 2.16. The maximum Gasteiger partial charge on any atom is 0.241 e. The third-order valence-electron chi connectivity index (χ3n) is 3.58. The second kappa shape index (κ2) is 9.05. The Balaban J connectivity index is 2.08. The Bertz CT molecular complexity index is 921. The highest BCUT2D eigenvalue weighted by atomic mass is 35.5. The van der Waals surface area contributed by atoms with Crippen molar-refractivity contribution in [1.82, 2.24) is 5.32 Å². The molecule has 2 aromatic rings. The Morgan fingerprint density at radius 2 is 2.00 bits per heavy atom.